The summed E-state index contributed by atoms with van der Waals surface area (Å²) in [6.45, 7) is 1.68. The number of hydrogen-bond acceptors (Lipinski definition) is 5. The molecule has 0 amide bonds. The molecule has 0 spiro atoms. The Labute approximate surface area is 220 Å². The number of alkyl halides is 3. The maximum atomic E-state index is 13.5. The minimum absolute atomic E-state index is 0.0898. The van der Waals surface area contributed by atoms with Crippen LogP contribution in [-0.4, -0.2) is 30.7 Å². The molecule has 0 saturated carbocycles. The Morgan fingerprint density at radius 1 is 0.921 bits per heavy atom. The Balaban J connectivity index is 1.36. The van der Waals surface area contributed by atoms with Crippen LogP contribution in [0.4, 0.5) is 13.2 Å². The molecule has 0 radical (unpaired) electrons. The highest BCUT2D eigenvalue weighted by atomic mass is 35.5. The van der Waals surface area contributed by atoms with Gasteiger partial charge in [0.1, 0.15) is 12.3 Å². The SMILES string of the molecule is Cc1nn(-c2ccccc2)nc1COC(=O)c1ccc(-c2cc(C(F)(F)F)nn2-c2ccccc2Cl)cc1. The summed E-state index contributed by atoms with van der Waals surface area (Å²) in [6.07, 6.45) is -4.65. The Hall–Kier alpha value is -4.44. The quantitative estimate of drug-likeness (QED) is 0.232. The molecule has 5 rings (SSSR count). The van der Waals surface area contributed by atoms with E-state index in [1.165, 1.54) is 29.1 Å². The molecule has 0 N–H and O–H groups in total. The van der Waals surface area contributed by atoms with Gasteiger partial charge in [0.15, 0.2) is 5.69 Å². The van der Waals surface area contributed by atoms with Crippen molar-refractivity contribution in [2.45, 2.75) is 19.7 Å². The summed E-state index contributed by atoms with van der Waals surface area (Å²) in [6, 6.07) is 22.7. The molecule has 2 heterocycles. The van der Waals surface area contributed by atoms with Crippen LogP contribution in [-0.2, 0) is 17.5 Å². The highest BCUT2D eigenvalue weighted by molar-refractivity contribution is 6.32. The van der Waals surface area contributed by atoms with Crippen molar-refractivity contribution in [3.63, 3.8) is 0 Å². The molecular weight excluding hydrogens is 519 g/mol. The predicted molar refractivity (Wildman–Crippen MR) is 134 cm³/mol. The standard InChI is InChI=1S/C27H19ClF3N5O2/c1-17-22(33-36(32-17)20-7-3-2-4-8-20)16-38-26(37)19-13-11-18(12-14-19)24-15-25(27(29,30)31)34-35(24)23-10-6-5-9-21(23)28/h2-15H,16H2,1H3. The van der Waals surface area contributed by atoms with Crippen LogP contribution in [0.1, 0.15) is 27.4 Å². The zero-order valence-electron chi connectivity index (χ0n) is 19.9. The molecule has 7 nitrogen and oxygen atoms in total. The van der Waals surface area contributed by atoms with E-state index in [2.05, 4.69) is 15.3 Å². The molecule has 0 aliphatic carbocycles. The van der Waals surface area contributed by atoms with Gasteiger partial charge in [-0.1, -0.05) is 54.1 Å². The first-order valence-electron chi connectivity index (χ1n) is 11.4. The van der Waals surface area contributed by atoms with Crippen LogP contribution in [0.15, 0.2) is 84.9 Å². The van der Waals surface area contributed by atoms with Gasteiger partial charge in [-0.05, 0) is 49.4 Å². The molecule has 5 aromatic rings. The minimum Gasteiger partial charge on any atom is -0.455 e. The number of hydrogen-bond donors (Lipinski definition) is 0. The Kier molecular flexibility index (Phi) is 6.73. The van der Waals surface area contributed by atoms with Crippen LogP contribution in [0.3, 0.4) is 0 Å². The van der Waals surface area contributed by atoms with Crippen molar-refractivity contribution in [1.29, 1.82) is 0 Å². The average molecular weight is 538 g/mol. The number of aromatic nitrogens is 5. The summed E-state index contributed by atoms with van der Waals surface area (Å²) < 4.78 is 46.9. The Morgan fingerprint density at radius 3 is 2.29 bits per heavy atom. The molecule has 0 fully saturated rings. The first-order chi connectivity index (χ1) is 18.2. The maximum absolute atomic E-state index is 13.5. The molecule has 38 heavy (non-hydrogen) atoms. The van der Waals surface area contributed by atoms with Crippen molar-refractivity contribution >= 4 is 17.6 Å². The van der Waals surface area contributed by atoms with Crippen LogP contribution < -0.4 is 0 Å². The van der Waals surface area contributed by atoms with Crippen LogP contribution in [0, 0.1) is 6.92 Å². The Bertz CT molecular complexity index is 1600. The van der Waals surface area contributed by atoms with E-state index >= 15 is 0 Å². The van der Waals surface area contributed by atoms with Gasteiger partial charge in [0.05, 0.1) is 33.3 Å². The largest absolute Gasteiger partial charge is 0.455 e. The lowest BCUT2D eigenvalue weighted by Gasteiger charge is -2.10. The van der Waals surface area contributed by atoms with Gasteiger partial charge in [-0.2, -0.15) is 28.2 Å². The minimum atomic E-state index is -4.65. The molecule has 3 aromatic carbocycles. The van der Waals surface area contributed by atoms with Crippen molar-refractivity contribution in [3.8, 4) is 22.6 Å². The van der Waals surface area contributed by atoms with E-state index in [0.29, 0.717) is 22.6 Å². The number of carbonyl (C=O) groups excluding carboxylic acids is 1. The second-order valence-electron chi connectivity index (χ2n) is 8.29. The molecule has 0 aliphatic rings. The summed E-state index contributed by atoms with van der Waals surface area (Å²) >= 11 is 6.23. The molecular formula is C27H19ClF3N5O2. The van der Waals surface area contributed by atoms with Gasteiger partial charge < -0.3 is 4.74 Å². The third kappa shape index (κ3) is 5.16. The lowest BCUT2D eigenvalue weighted by molar-refractivity contribution is -0.141. The van der Waals surface area contributed by atoms with Gasteiger partial charge in [0.2, 0.25) is 0 Å². The van der Waals surface area contributed by atoms with E-state index in [1.807, 2.05) is 30.3 Å². The number of nitrogens with zero attached hydrogens (tertiary/aromatic N) is 5. The van der Waals surface area contributed by atoms with E-state index in [0.717, 1.165) is 16.4 Å². The summed E-state index contributed by atoms with van der Waals surface area (Å²) in [5.41, 5.74) is 1.92. The highest BCUT2D eigenvalue weighted by Gasteiger charge is 2.35. The lowest BCUT2D eigenvalue weighted by atomic mass is 10.1. The second-order valence-corrected chi connectivity index (χ2v) is 8.69. The Morgan fingerprint density at radius 2 is 1.61 bits per heavy atom. The molecule has 0 saturated heterocycles. The molecule has 11 heteroatoms. The van der Waals surface area contributed by atoms with Gasteiger partial charge in [-0.25, -0.2) is 9.48 Å². The van der Waals surface area contributed by atoms with Gasteiger partial charge in [0, 0.05) is 5.56 Å². The van der Waals surface area contributed by atoms with Crippen LogP contribution in [0.25, 0.3) is 22.6 Å². The van der Waals surface area contributed by atoms with E-state index in [-0.39, 0.29) is 22.9 Å². The fourth-order valence-corrected chi connectivity index (χ4v) is 3.96. The monoisotopic (exact) mass is 537 g/mol. The average Bonchev–Trinajstić information content (AvgIpc) is 3.52. The second kappa shape index (κ2) is 10.1. The first-order valence-corrected chi connectivity index (χ1v) is 11.8. The summed E-state index contributed by atoms with van der Waals surface area (Å²) in [4.78, 5) is 14.1. The lowest BCUT2D eigenvalue weighted by Crippen LogP contribution is -2.07. The third-order valence-corrected chi connectivity index (χ3v) is 6.02. The van der Waals surface area contributed by atoms with Gasteiger partial charge in [-0.15, -0.1) is 5.10 Å². The zero-order chi connectivity index (χ0) is 26.9. The fourth-order valence-electron chi connectivity index (χ4n) is 3.75. The molecule has 192 valence electrons. The van der Waals surface area contributed by atoms with Gasteiger partial charge in [0.25, 0.3) is 0 Å². The predicted octanol–water partition coefficient (Wildman–Crippen LogP) is 6.46. The molecule has 0 bridgehead atoms. The van der Waals surface area contributed by atoms with Crippen molar-refractivity contribution in [3.05, 3.63) is 113 Å². The van der Waals surface area contributed by atoms with E-state index in [4.69, 9.17) is 16.3 Å². The smallest absolute Gasteiger partial charge is 0.435 e. The highest BCUT2D eigenvalue weighted by Crippen LogP contribution is 2.34. The van der Waals surface area contributed by atoms with E-state index in [9.17, 15) is 18.0 Å². The molecule has 0 atom stereocenters. The van der Waals surface area contributed by atoms with E-state index < -0.39 is 17.8 Å². The maximum Gasteiger partial charge on any atom is 0.435 e. The fraction of sp³-hybridized carbons (Fsp3) is 0.111. The number of aryl methyl sites for hydroxylation is 1. The molecule has 2 aromatic heterocycles. The van der Waals surface area contributed by atoms with Crippen molar-refractivity contribution in [2.75, 3.05) is 0 Å². The topological polar surface area (TPSA) is 74.8 Å². The normalized spacial score (nSPS) is 11.5. The molecule has 0 aliphatic heterocycles. The van der Waals surface area contributed by atoms with Crippen molar-refractivity contribution in [2.24, 2.45) is 0 Å². The summed E-state index contributed by atoms with van der Waals surface area (Å²) in [5, 5.41) is 12.7. The number of para-hydroxylation sites is 2. The number of carbonyl (C=O) groups is 1. The van der Waals surface area contributed by atoms with Crippen LogP contribution >= 0.6 is 11.6 Å². The molecule has 0 unspecified atom stereocenters. The number of rotatable bonds is 6. The van der Waals surface area contributed by atoms with Gasteiger partial charge >= 0.3 is 12.1 Å². The zero-order valence-corrected chi connectivity index (χ0v) is 20.6. The summed E-state index contributed by atoms with van der Waals surface area (Å²) in [5.74, 6) is -0.610. The van der Waals surface area contributed by atoms with E-state index in [1.54, 1.807) is 31.2 Å². The number of esters is 1. The number of halogens is 4. The summed E-state index contributed by atoms with van der Waals surface area (Å²) in [7, 11) is 0. The van der Waals surface area contributed by atoms with Crippen molar-refractivity contribution in [1.82, 2.24) is 24.8 Å². The van der Waals surface area contributed by atoms with Crippen molar-refractivity contribution < 1.29 is 22.7 Å². The van der Waals surface area contributed by atoms with Crippen LogP contribution in [0.2, 0.25) is 5.02 Å². The first kappa shape index (κ1) is 25.2. The van der Waals surface area contributed by atoms with Gasteiger partial charge in [-0.3, -0.25) is 0 Å². The number of benzene rings is 3. The third-order valence-electron chi connectivity index (χ3n) is 5.70. The van der Waals surface area contributed by atoms with Crippen LogP contribution in [0.5, 0.6) is 0 Å². The number of ether oxygens (including phenoxy) is 1.